The average molecular weight is 378 g/mol. The molecule has 0 amide bonds. The quantitative estimate of drug-likeness (QED) is 0.569. The van der Waals surface area contributed by atoms with Gasteiger partial charge in [-0.1, -0.05) is 11.6 Å². The van der Waals surface area contributed by atoms with Crippen molar-refractivity contribution in [3.63, 3.8) is 0 Å². The van der Waals surface area contributed by atoms with Crippen molar-refractivity contribution in [1.29, 1.82) is 0 Å². The maximum atomic E-state index is 12.8. The van der Waals surface area contributed by atoms with E-state index in [-0.39, 0.29) is 5.82 Å². The molecule has 0 aliphatic rings. The second kappa shape index (κ2) is 7.36. The lowest BCUT2D eigenvalue weighted by Crippen LogP contribution is -2.02. The van der Waals surface area contributed by atoms with Crippen molar-refractivity contribution in [2.75, 3.05) is 7.11 Å². The molecule has 0 aliphatic carbocycles. The summed E-state index contributed by atoms with van der Waals surface area (Å²) in [5.41, 5.74) is 0.710. The van der Waals surface area contributed by atoms with Crippen LogP contribution in [0.5, 0.6) is 0 Å². The number of benzene rings is 1. The second-order valence-corrected chi connectivity index (χ2v) is 6.07. The fourth-order valence-corrected chi connectivity index (χ4v) is 2.74. The Morgan fingerprint density at radius 2 is 2.00 bits per heavy atom. The summed E-state index contributed by atoms with van der Waals surface area (Å²) >= 11 is 10.9. The summed E-state index contributed by atoms with van der Waals surface area (Å²) in [7, 11) is 1.59. The predicted octanol–water partition coefficient (Wildman–Crippen LogP) is 4.47. The summed E-state index contributed by atoms with van der Waals surface area (Å²) in [6, 6.07) is 6.29. The fourth-order valence-electron chi connectivity index (χ4n) is 1.49. The highest BCUT2D eigenvalue weighted by Gasteiger charge is 2.11. The number of rotatable bonds is 5. The summed E-state index contributed by atoms with van der Waals surface area (Å²) in [5.74, 6) is 0.911. The summed E-state index contributed by atoms with van der Waals surface area (Å²) < 4.78 is 18.5. The molecule has 0 spiro atoms. The van der Waals surface area contributed by atoms with E-state index < -0.39 is 0 Å². The van der Waals surface area contributed by atoms with E-state index in [1.165, 1.54) is 23.9 Å². The summed E-state index contributed by atoms with van der Waals surface area (Å²) in [5, 5.41) is 0.363. The lowest BCUT2D eigenvalue weighted by Gasteiger charge is -2.07. The highest BCUT2D eigenvalue weighted by atomic mass is 79.9. The van der Waals surface area contributed by atoms with Crippen LogP contribution in [0.25, 0.3) is 0 Å². The monoisotopic (exact) mass is 376 g/mol. The normalized spacial score (nSPS) is 10.8. The third-order valence-electron chi connectivity index (χ3n) is 2.39. The minimum atomic E-state index is -0.250. The van der Waals surface area contributed by atoms with Gasteiger partial charge in [-0.3, -0.25) is 0 Å². The molecular weight excluding hydrogens is 367 g/mol. The van der Waals surface area contributed by atoms with Crippen molar-refractivity contribution in [2.45, 2.75) is 17.3 Å². The fraction of sp³-hybridized carbons (Fsp3) is 0.231. The maximum Gasteiger partial charge on any atom is 0.147 e. The van der Waals surface area contributed by atoms with Crippen molar-refractivity contribution in [1.82, 2.24) is 9.97 Å². The van der Waals surface area contributed by atoms with Gasteiger partial charge in [0.25, 0.3) is 0 Å². The first-order valence-electron chi connectivity index (χ1n) is 5.68. The van der Waals surface area contributed by atoms with Gasteiger partial charge in [-0.25, -0.2) is 14.4 Å². The second-order valence-electron chi connectivity index (χ2n) is 3.87. The minimum Gasteiger partial charge on any atom is -0.378 e. The molecule has 20 heavy (non-hydrogen) atoms. The van der Waals surface area contributed by atoms with Crippen molar-refractivity contribution in [3.8, 4) is 0 Å². The van der Waals surface area contributed by atoms with Crippen LogP contribution in [0.4, 0.5) is 4.39 Å². The Morgan fingerprint density at radius 1 is 1.30 bits per heavy atom. The van der Waals surface area contributed by atoms with Crippen LogP contribution in [0.2, 0.25) is 5.15 Å². The molecule has 106 valence electrons. The highest BCUT2D eigenvalue weighted by molar-refractivity contribution is 9.10. The zero-order chi connectivity index (χ0) is 14.5. The Morgan fingerprint density at radius 3 is 2.65 bits per heavy atom. The van der Waals surface area contributed by atoms with E-state index in [1.807, 2.05) is 0 Å². The molecule has 3 nitrogen and oxygen atoms in total. The molecule has 0 saturated carbocycles. The smallest absolute Gasteiger partial charge is 0.147 e. The maximum absolute atomic E-state index is 12.8. The molecule has 0 bridgehead atoms. The lowest BCUT2D eigenvalue weighted by molar-refractivity contribution is 0.180. The number of halogens is 3. The summed E-state index contributed by atoms with van der Waals surface area (Å²) in [6.07, 6.45) is 0. The molecule has 0 atom stereocenters. The largest absolute Gasteiger partial charge is 0.378 e. The van der Waals surface area contributed by atoms with E-state index >= 15 is 0 Å². The van der Waals surface area contributed by atoms with Crippen molar-refractivity contribution in [3.05, 3.63) is 51.2 Å². The van der Waals surface area contributed by atoms with Crippen LogP contribution in [-0.4, -0.2) is 17.1 Å². The molecule has 0 radical (unpaired) electrons. The van der Waals surface area contributed by atoms with Crippen LogP contribution in [0.15, 0.2) is 33.6 Å². The zero-order valence-corrected chi connectivity index (χ0v) is 13.7. The molecular formula is C13H11BrClFN2OS. The SMILES string of the molecule is COCc1nc(CSc2ccc(F)cc2)nc(Cl)c1Br. The summed E-state index contributed by atoms with van der Waals surface area (Å²) in [4.78, 5) is 9.54. The van der Waals surface area contributed by atoms with Crippen molar-refractivity contribution >= 4 is 39.3 Å². The molecule has 0 N–H and O–H groups in total. The molecule has 2 aromatic rings. The number of ether oxygens (including phenoxy) is 1. The van der Waals surface area contributed by atoms with E-state index in [1.54, 1.807) is 19.2 Å². The molecule has 1 aromatic carbocycles. The van der Waals surface area contributed by atoms with Crippen molar-refractivity contribution in [2.24, 2.45) is 0 Å². The van der Waals surface area contributed by atoms with Gasteiger partial charge in [0.05, 0.1) is 22.5 Å². The third kappa shape index (κ3) is 4.15. The number of methoxy groups -OCH3 is 1. The summed E-state index contributed by atoms with van der Waals surface area (Å²) in [6.45, 7) is 0.358. The highest BCUT2D eigenvalue weighted by Crippen LogP contribution is 2.27. The topological polar surface area (TPSA) is 35.0 Å². The van der Waals surface area contributed by atoms with Gasteiger partial charge >= 0.3 is 0 Å². The molecule has 2 rings (SSSR count). The first-order valence-corrected chi connectivity index (χ1v) is 7.84. The lowest BCUT2D eigenvalue weighted by atomic mass is 10.4. The Kier molecular flexibility index (Phi) is 5.77. The molecule has 0 unspecified atom stereocenters. The molecule has 1 aromatic heterocycles. The minimum absolute atomic E-state index is 0.250. The molecule has 0 fully saturated rings. The van der Waals surface area contributed by atoms with Gasteiger partial charge in [-0.05, 0) is 40.2 Å². The number of aromatic nitrogens is 2. The number of hydrogen-bond acceptors (Lipinski definition) is 4. The Labute approximate surface area is 134 Å². The first-order chi connectivity index (χ1) is 9.60. The van der Waals surface area contributed by atoms with E-state index in [0.717, 1.165) is 4.90 Å². The Balaban J connectivity index is 2.11. The number of nitrogens with zero attached hydrogens (tertiary/aromatic N) is 2. The van der Waals surface area contributed by atoms with Crippen molar-refractivity contribution < 1.29 is 9.13 Å². The Bertz CT molecular complexity index is 598. The predicted molar refractivity (Wildman–Crippen MR) is 81.4 cm³/mol. The third-order valence-corrected chi connectivity index (χ3v) is 4.73. The van der Waals surface area contributed by atoms with Crippen LogP contribution >= 0.6 is 39.3 Å². The van der Waals surface area contributed by atoms with Gasteiger partial charge in [0.15, 0.2) is 0 Å². The standard InChI is InChI=1S/C13H11BrClFN2OS/c1-19-6-10-12(14)13(15)18-11(17-10)7-20-9-4-2-8(16)3-5-9/h2-5H,6-7H2,1H3. The number of hydrogen-bond donors (Lipinski definition) is 0. The van der Waals surface area contributed by atoms with Gasteiger partial charge in [0, 0.05) is 12.0 Å². The van der Waals surface area contributed by atoms with Gasteiger partial charge in [0.2, 0.25) is 0 Å². The number of thioether (sulfide) groups is 1. The molecule has 1 heterocycles. The first kappa shape index (κ1) is 15.7. The zero-order valence-electron chi connectivity index (χ0n) is 10.6. The van der Waals surface area contributed by atoms with E-state index in [0.29, 0.717) is 33.5 Å². The van der Waals surface area contributed by atoms with Gasteiger partial charge in [0.1, 0.15) is 16.8 Å². The van der Waals surface area contributed by atoms with E-state index in [4.69, 9.17) is 16.3 Å². The van der Waals surface area contributed by atoms with Gasteiger partial charge < -0.3 is 4.74 Å². The van der Waals surface area contributed by atoms with Crippen LogP contribution in [0.1, 0.15) is 11.5 Å². The average Bonchev–Trinajstić information content (AvgIpc) is 2.44. The molecule has 7 heteroatoms. The van der Waals surface area contributed by atoms with E-state index in [9.17, 15) is 4.39 Å². The molecule has 0 aliphatic heterocycles. The van der Waals surface area contributed by atoms with Gasteiger partial charge in [-0.2, -0.15) is 0 Å². The van der Waals surface area contributed by atoms with Crippen LogP contribution in [0.3, 0.4) is 0 Å². The van der Waals surface area contributed by atoms with Crippen LogP contribution in [-0.2, 0) is 17.1 Å². The Hall–Kier alpha value is -0.690. The van der Waals surface area contributed by atoms with Crippen LogP contribution < -0.4 is 0 Å². The van der Waals surface area contributed by atoms with Gasteiger partial charge in [-0.15, -0.1) is 11.8 Å². The van der Waals surface area contributed by atoms with Crippen LogP contribution in [0, 0.1) is 5.82 Å². The van der Waals surface area contributed by atoms with E-state index in [2.05, 4.69) is 25.9 Å². The molecule has 0 saturated heterocycles.